The fraction of sp³-hybridized carbons (Fsp3) is 0.590. The van der Waals surface area contributed by atoms with Crippen LogP contribution >= 0.6 is 0 Å². The second-order valence-corrected chi connectivity index (χ2v) is 16.2. The molecule has 4 aliphatic rings. The number of halogens is 2. The second kappa shape index (κ2) is 14.8. The van der Waals surface area contributed by atoms with Crippen LogP contribution in [0.2, 0.25) is 0 Å². The van der Waals surface area contributed by atoms with E-state index >= 15 is 0 Å². The first kappa shape index (κ1) is 38.0. The molecule has 278 valence electrons. The van der Waals surface area contributed by atoms with Crippen molar-refractivity contribution in [3.63, 3.8) is 0 Å². The van der Waals surface area contributed by atoms with Crippen molar-refractivity contribution < 1.29 is 47.3 Å². The molecule has 0 aromatic heterocycles. The van der Waals surface area contributed by atoms with E-state index in [4.69, 9.17) is 19.3 Å². The van der Waals surface area contributed by atoms with Crippen molar-refractivity contribution in [3.8, 4) is 0 Å². The summed E-state index contributed by atoms with van der Waals surface area (Å²) in [4.78, 5) is 51.5. The predicted octanol–water partition coefficient (Wildman–Crippen LogP) is 8.14. The van der Waals surface area contributed by atoms with Gasteiger partial charge in [-0.25, -0.2) is 28.0 Å². The highest BCUT2D eigenvalue weighted by Gasteiger charge is 2.50. The first-order valence-electron chi connectivity index (χ1n) is 17.7. The number of carbonyl (C=O) groups is 4. The Bertz CT molecular complexity index is 1640. The lowest BCUT2D eigenvalue weighted by molar-refractivity contribution is 0.0210. The number of nitrogens with zero attached hydrogens (tertiary/aromatic N) is 2. The molecule has 0 aliphatic heterocycles. The van der Waals surface area contributed by atoms with Crippen molar-refractivity contribution in [3.05, 3.63) is 70.3 Å². The lowest BCUT2D eigenvalue weighted by Gasteiger charge is -2.28. The molecule has 0 unspecified atom stereocenters. The fourth-order valence-electron chi connectivity index (χ4n) is 6.24. The zero-order valence-corrected chi connectivity index (χ0v) is 30.5. The minimum atomic E-state index is -1.08. The van der Waals surface area contributed by atoms with Crippen molar-refractivity contribution in [1.29, 1.82) is 0 Å². The first-order chi connectivity index (χ1) is 23.8. The molecule has 12 heteroatoms. The number of carboxylic acids is 1. The maximum atomic E-state index is 14.3. The van der Waals surface area contributed by atoms with Gasteiger partial charge in [0.1, 0.15) is 22.8 Å². The van der Waals surface area contributed by atoms with Gasteiger partial charge in [-0.15, -0.1) is 0 Å². The molecule has 10 nitrogen and oxygen atoms in total. The van der Waals surface area contributed by atoms with Gasteiger partial charge in [0.25, 0.3) is 0 Å². The average Bonchev–Trinajstić information content (AvgIpc) is 3.84. The van der Waals surface area contributed by atoms with E-state index in [9.17, 15) is 28.0 Å². The molecule has 0 saturated heterocycles. The molecule has 2 amide bonds. The molecule has 2 aromatic carbocycles. The summed E-state index contributed by atoms with van der Waals surface area (Å²) in [5, 5.41) is 9.11. The molecule has 4 aliphatic carbocycles. The van der Waals surface area contributed by atoms with Crippen LogP contribution in [0, 0.1) is 23.5 Å². The van der Waals surface area contributed by atoms with Crippen molar-refractivity contribution in [2.45, 2.75) is 115 Å². The SMILES string of the molecule is CC(C)(C)OC(=O)N(CC1CC1)[C@@H]1C[C@H]1c1cc(C(=O)O)ccc1F.COC(=O)c1ccc(F)c([C@@H]2C[C@H]2N(CC2CC2)C(=O)OC(C)(C)C)c1. The summed E-state index contributed by atoms with van der Waals surface area (Å²) < 4.78 is 44.3. The Balaban J connectivity index is 0.000000198. The molecule has 1 N–H and O–H groups in total. The second-order valence-electron chi connectivity index (χ2n) is 16.2. The molecule has 4 atom stereocenters. The maximum Gasteiger partial charge on any atom is 0.410 e. The van der Waals surface area contributed by atoms with Crippen LogP contribution in [0.25, 0.3) is 0 Å². The quantitative estimate of drug-likeness (QED) is 0.194. The van der Waals surface area contributed by atoms with E-state index in [0.717, 1.165) is 25.7 Å². The van der Waals surface area contributed by atoms with Crippen molar-refractivity contribution in [2.75, 3.05) is 20.2 Å². The Labute approximate surface area is 298 Å². The number of esters is 1. The smallest absolute Gasteiger partial charge is 0.410 e. The average molecular weight is 713 g/mol. The van der Waals surface area contributed by atoms with Gasteiger partial charge in [0.2, 0.25) is 0 Å². The standard InChI is InChI=1S/C20H26FNO4.C19H24FNO4/c1-20(2,3)26-19(24)22(11-12-5-6-12)17-10-15(17)14-9-13(18(23)25-4)7-8-16(14)21;1-19(2,3)25-18(24)21(10-11-4-5-11)16-9-14(16)13-8-12(17(22)23)6-7-15(13)20/h7-9,12,15,17H,5-6,10-11H2,1-4H3;6-8,11,14,16H,4-5,9-10H2,1-3H3,(H,22,23)/t15-,17+;14-,16+/m00/s1. The number of amides is 2. The predicted molar refractivity (Wildman–Crippen MR) is 185 cm³/mol. The van der Waals surface area contributed by atoms with Gasteiger partial charge in [-0.05, 0) is 139 Å². The van der Waals surface area contributed by atoms with Crippen molar-refractivity contribution in [2.24, 2.45) is 11.8 Å². The lowest BCUT2D eigenvalue weighted by atomic mass is 10.1. The number of carbonyl (C=O) groups excluding carboxylic acids is 3. The third-order valence-corrected chi connectivity index (χ3v) is 9.33. The van der Waals surface area contributed by atoms with E-state index in [1.165, 1.54) is 43.5 Å². The van der Waals surface area contributed by atoms with Crippen LogP contribution in [-0.4, -0.2) is 82.5 Å². The molecule has 0 heterocycles. The molecule has 2 aromatic rings. The number of carboxylic acid groups (broad SMARTS) is 1. The summed E-state index contributed by atoms with van der Waals surface area (Å²) in [6.45, 7) is 12.2. The zero-order valence-electron chi connectivity index (χ0n) is 30.5. The molecule has 6 rings (SSSR count). The number of methoxy groups -OCH3 is 1. The van der Waals surface area contributed by atoms with E-state index in [0.29, 0.717) is 54.5 Å². The summed E-state index contributed by atoms with van der Waals surface area (Å²) in [6, 6.07) is 7.85. The highest BCUT2D eigenvalue weighted by molar-refractivity contribution is 5.89. The normalized spacial score (nSPS) is 22.1. The monoisotopic (exact) mass is 712 g/mol. The highest BCUT2D eigenvalue weighted by atomic mass is 19.1. The van der Waals surface area contributed by atoms with E-state index in [-0.39, 0.29) is 47.5 Å². The summed E-state index contributed by atoms with van der Waals surface area (Å²) in [5.74, 6) is -1.66. The molecular weight excluding hydrogens is 662 g/mol. The molecule has 0 bridgehead atoms. The van der Waals surface area contributed by atoms with Crippen LogP contribution in [0.4, 0.5) is 18.4 Å². The van der Waals surface area contributed by atoms with Crippen molar-refractivity contribution >= 4 is 24.1 Å². The minimum absolute atomic E-state index is 0.0630. The van der Waals surface area contributed by atoms with Gasteiger partial charge in [-0.1, -0.05) is 0 Å². The van der Waals surface area contributed by atoms with Crippen LogP contribution in [0.15, 0.2) is 36.4 Å². The number of aromatic carboxylic acids is 1. The third kappa shape index (κ3) is 10.4. The van der Waals surface area contributed by atoms with E-state index in [2.05, 4.69) is 0 Å². The van der Waals surface area contributed by atoms with Crippen molar-refractivity contribution in [1.82, 2.24) is 9.80 Å². The van der Waals surface area contributed by atoms with Crippen LogP contribution in [0.1, 0.15) is 124 Å². The summed E-state index contributed by atoms with van der Waals surface area (Å²) in [5.41, 5.74) is 0.0574. The molecule has 51 heavy (non-hydrogen) atoms. The number of ether oxygens (including phenoxy) is 3. The number of rotatable bonds is 10. The Morgan fingerprint density at radius 1 is 0.706 bits per heavy atom. The number of hydrogen-bond donors (Lipinski definition) is 1. The fourth-order valence-corrected chi connectivity index (χ4v) is 6.24. The van der Waals surface area contributed by atoms with Gasteiger partial charge in [-0.3, -0.25) is 0 Å². The van der Waals surface area contributed by atoms with E-state index in [1.807, 2.05) is 41.5 Å². The van der Waals surface area contributed by atoms with Gasteiger partial charge in [0, 0.05) is 37.0 Å². The van der Waals surface area contributed by atoms with Crippen LogP contribution in [-0.2, 0) is 14.2 Å². The number of benzene rings is 2. The Hall–Kier alpha value is -4.22. The van der Waals surface area contributed by atoms with Crippen LogP contribution < -0.4 is 0 Å². The topological polar surface area (TPSA) is 123 Å². The van der Waals surface area contributed by atoms with Gasteiger partial charge >= 0.3 is 24.1 Å². The molecule has 0 spiro atoms. The Kier molecular flexibility index (Phi) is 11.0. The first-order valence-corrected chi connectivity index (χ1v) is 17.7. The van der Waals surface area contributed by atoms with E-state index in [1.54, 1.807) is 9.80 Å². The lowest BCUT2D eigenvalue weighted by Crippen LogP contribution is -2.40. The molecule has 4 saturated carbocycles. The Morgan fingerprint density at radius 3 is 1.45 bits per heavy atom. The summed E-state index contributed by atoms with van der Waals surface area (Å²) in [6.07, 6.45) is 5.01. The molecule has 4 fully saturated rings. The van der Waals surface area contributed by atoms with Gasteiger partial charge in [-0.2, -0.15) is 0 Å². The van der Waals surface area contributed by atoms with Crippen LogP contribution in [0.5, 0.6) is 0 Å². The van der Waals surface area contributed by atoms with Crippen LogP contribution in [0.3, 0.4) is 0 Å². The maximum absolute atomic E-state index is 14.3. The summed E-state index contributed by atoms with van der Waals surface area (Å²) in [7, 11) is 1.30. The zero-order chi connectivity index (χ0) is 37.4. The van der Waals surface area contributed by atoms with Gasteiger partial charge in [0.15, 0.2) is 0 Å². The third-order valence-electron chi connectivity index (χ3n) is 9.33. The van der Waals surface area contributed by atoms with E-state index < -0.39 is 29.0 Å². The minimum Gasteiger partial charge on any atom is -0.478 e. The largest absolute Gasteiger partial charge is 0.478 e. The summed E-state index contributed by atoms with van der Waals surface area (Å²) >= 11 is 0. The molecular formula is C39H50F2N2O8. The Morgan fingerprint density at radius 2 is 1.10 bits per heavy atom. The highest BCUT2D eigenvalue weighted by Crippen LogP contribution is 2.49. The number of hydrogen-bond acceptors (Lipinski definition) is 7. The van der Waals surface area contributed by atoms with Gasteiger partial charge < -0.3 is 29.1 Å². The van der Waals surface area contributed by atoms with Gasteiger partial charge in [0.05, 0.1) is 18.2 Å². The molecule has 0 radical (unpaired) electrons.